The number of aromatic nitrogens is 2. The second kappa shape index (κ2) is 5.94. The van der Waals surface area contributed by atoms with Gasteiger partial charge in [0.2, 0.25) is 5.82 Å². The van der Waals surface area contributed by atoms with Crippen LogP contribution in [0.25, 0.3) is 0 Å². The quantitative estimate of drug-likeness (QED) is 0.824. The molecule has 0 bridgehead atoms. The average molecular weight is 273 g/mol. The number of hydrogen-bond acceptors (Lipinski definition) is 5. The molecule has 0 aliphatic carbocycles. The Morgan fingerprint density at radius 1 is 1.42 bits per heavy atom. The summed E-state index contributed by atoms with van der Waals surface area (Å²) in [6.45, 7) is 2.98. The number of rotatable bonds is 2. The minimum absolute atomic E-state index is 0.0392. The highest BCUT2D eigenvalue weighted by atomic mass is 19.1. The molecule has 1 N–H and O–H groups in total. The van der Waals surface area contributed by atoms with Crippen LogP contribution >= 0.6 is 0 Å². The lowest BCUT2D eigenvalue weighted by atomic mass is 10.5. The van der Waals surface area contributed by atoms with Crippen LogP contribution in [0.5, 0.6) is 0 Å². The molecule has 0 unspecified atom stereocenters. The summed E-state index contributed by atoms with van der Waals surface area (Å²) >= 11 is 0. The van der Waals surface area contributed by atoms with Crippen molar-refractivity contribution in [3.8, 4) is 0 Å². The summed E-state index contributed by atoms with van der Waals surface area (Å²) in [4.78, 5) is 47.8. The molecule has 0 radical (unpaired) electrons. The minimum atomic E-state index is -1.31. The Hall–Kier alpha value is -2.45. The van der Waals surface area contributed by atoms with Gasteiger partial charge in [0.25, 0.3) is 5.56 Å². The summed E-state index contributed by atoms with van der Waals surface area (Å²) in [5, 5.41) is 0. The normalized spacial score (nSPS) is 10.1. The first-order valence-electron chi connectivity index (χ1n) is 5.42. The summed E-state index contributed by atoms with van der Waals surface area (Å²) in [7, 11) is 0. The number of H-pyrrole nitrogens is 1. The second-order valence-electron chi connectivity index (χ2n) is 3.33. The first kappa shape index (κ1) is 14.6. The molecule has 0 saturated heterocycles. The Morgan fingerprint density at radius 2 is 2.05 bits per heavy atom. The fourth-order valence-corrected chi connectivity index (χ4v) is 1.26. The molecular weight excluding hydrogens is 261 g/mol. The average Bonchev–Trinajstić information content (AvgIpc) is 2.34. The van der Waals surface area contributed by atoms with Crippen molar-refractivity contribution in [2.45, 2.75) is 13.8 Å². The molecule has 1 aromatic rings. The number of nitrogens with one attached hydrogen (secondary N) is 1. The molecule has 0 saturated carbocycles. The number of carbonyl (C=O) groups excluding carboxylic acids is 2. The van der Waals surface area contributed by atoms with Crippen LogP contribution < -0.4 is 11.2 Å². The fraction of sp³-hybridized carbons (Fsp3) is 0.400. The zero-order chi connectivity index (χ0) is 14.6. The third-order valence-corrected chi connectivity index (χ3v) is 2.14. The molecule has 0 aromatic carbocycles. The van der Waals surface area contributed by atoms with Gasteiger partial charge in [0.15, 0.2) is 0 Å². The van der Waals surface area contributed by atoms with E-state index < -0.39 is 29.2 Å². The van der Waals surface area contributed by atoms with Crippen LogP contribution in [0.3, 0.4) is 0 Å². The van der Waals surface area contributed by atoms with Gasteiger partial charge < -0.3 is 4.74 Å². The monoisotopic (exact) mass is 273 g/mol. The van der Waals surface area contributed by atoms with E-state index in [1.54, 1.807) is 11.9 Å². The fourth-order valence-electron chi connectivity index (χ4n) is 1.26. The van der Waals surface area contributed by atoms with E-state index in [1.165, 1.54) is 6.92 Å². The van der Waals surface area contributed by atoms with E-state index >= 15 is 0 Å². The number of hydrogen-bond donors (Lipinski definition) is 1. The zero-order valence-corrected chi connectivity index (χ0v) is 10.3. The van der Waals surface area contributed by atoms with Crippen molar-refractivity contribution < 1.29 is 18.7 Å². The predicted octanol–water partition coefficient (Wildman–Crippen LogP) is 0.122. The summed E-state index contributed by atoms with van der Waals surface area (Å²) in [6, 6.07) is -1.11. The van der Waals surface area contributed by atoms with Crippen LogP contribution in [-0.4, -0.2) is 39.7 Å². The van der Waals surface area contributed by atoms with Crippen molar-refractivity contribution in [1.82, 2.24) is 14.5 Å². The van der Waals surface area contributed by atoms with Crippen LogP contribution in [0.4, 0.5) is 14.0 Å². The Balaban J connectivity index is 3.18. The largest absolute Gasteiger partial charge is 0.449 e. The van der Waals surface area contributed by atoms with Gasteiger partial charge in [-0.15, -0.1) is 0 Å². The minimum Gasteiger partial charge on any atom is -0.449 e. The van der Waals surface area contributed by atoms with E-state index in [9.17, 15) is 23.6 Å². The molecule has 0 aliphatic rings. The molecule has 0 spiro atoms. The highest BCUT2D eigenvalue weighted by Crippen LogP contribution is 1.98. The Labute approximate surface area is 106 Å². The summed E-state index contributed by atoms with van der Waals surface area (Å²) in [5.74, 6) is -1.31. The van der Waals surface area contributed by atoms with Gasteiger partial charge in [-0.05, 0) is 13.8 Å². The number of carbonyl (C=O) groups is 2. The Bertz CT molecular complexity index is 606. The number of halogens is 1. The third-order valence-electron chi connectivity index (χ3n) is 2.14. The first-order chi connectivity index (χ1) is 8.92. The van der Waals surface area contributed by atoms with Crippen molar-refractivity contribution in [2.24, 2.45) is 0 Å². The second-order valence-corrected chi connectivity index (χ2v) is 3.33. The van der Waals surface area contributed by atoms with Crippen molar-refractivity contribution in [2.75, 3.05) is 13.2 Å². The molecule has 19 heavy (non-hydrogen) atoms. The highest BCUT2D eigenvalue weighted by molar-refractivity contribution is 5.91. The smallest absolute Gasteiger partial charge is 0.417 e. The summed E-state index contributed by atoms with van der Waals surface area (Å²) in [6.07, 6.45) is -0.542. The maximum Gasteiger partial charge on any atom is 0.417 e. The molecule has 0 atom stereocenters. The predicted molar refractivity (Wildman–Crippen MR) is 61.5 cm³/mol. The molecule has 1 rings (SSSR count). The lowest BCUT2D eigenvalue weighted by Crippen LogP contribution is -2.45. The molecule has 104 valence electrons. The van der Waals surface area contributed by atoms with Gasteiger partial charge in [0.05, 0.1) is 12.8 Å². The third kappa shape index (κ3) is 3.06. The van der Waals surface area contributed by atoms with E-state index in [4.69, 9.17) is 0 Å². The van der Waals surface area contributed by atoms with Gasteiger partial charge >= 0.3 is 17.8 Å². The lowest BCUT2D eigenvalue weighted by molar-refractivity contribution is 0.116. The topological polar surface area (TPSA) is 101 Å². The van der Waals surface area contributed by atoms with E-state index in [2.05, 4.69) is 4.74 Å². The van der Waals surface area contributed by atoms with E-state index in [0.717, 1.165) is 0 Å². The molecule has 1 heterocycles. The molecule has 2 amide bonds. The molecule has 9 heteroatoms. The van der Waals surface area contributed by atoms with Gasteiger partial charge in [-0.3, -0.25) is 9.78 Å². The van der Waals surface area contributed by atoms with E-state index in [-0.39, 0.29) is 17.7 Å². The molecule has 0 aliphatic heterocycles. The molecular formula is C10H12FN3O5. The first-order valence-corrected chi connectivity index (χ1v) is 5.42. The molecule has 0 fully saturated rings. The maximum atomic E-state index is 13.0. The van der Waals surface area contributed by atoms with Gasteiger partial charge in [0, 0.05) is 6.54 Å². The maximum absolute atomic E-state index is 13.0. The van der Waals surface area contributed by atoms with E-state index in [1.807, 2.05) is 0 Å². The number of imide groups is 1. The van der Waals surface area contributed by atoms with Gasteiger partial charge in [0.1, 0.15) is 0 Å². The zero-order valence-electron chi connectivity index (χ0n) is 10.3. The van der Waals surface area contributed by atoms with Gasteiger partial charge in [-0.1, -0.05) is 0 Å². The van der Waals surface area contributed by atoms with Crippen molar-refractivity contribution in [1.29, 1.82) is 0 Å². The van der Waals surface area contributed by atoms with Crippen LogP contribution in [0.1, 0.15) is 13.8 Å². The molecule has 1 aromatic heterocycles. The van der Waals surface area contributed by atoms with Crippen LogP contribution in [0.2, 0.25) is 0 Å². The van der Waals surface area contributed by atoms with Crippen molar-refractivity contribution >= 4 is 12.1 Å². The van der Waals surface area contributed by atoms with Gasteiger partial charge in [-0.2, -0.15) is 4.39 Å². The standard InChI is InChI=1S/C10H12FN3O5/c1-3-13(10(18)19-4-2)9(17)14-5-6(11)7(15)12-8(14)16/h5H,3-4H2,1-2H3,(H,12,15,16). The Morgan fingerprint density at radius 3 is 2.58 bits per heavy atom. The number of nitrogens with zero attached hydrogens (tertiary/aromatic N) is 2. The Kier molecular flexibility index (Phi) is 4.56. The van der Waals surface area contributed by atoms with Gasteiger partial charge in [-0.25, -0.2) is 23.9 Å². The summed E-state index contributed by atoms with van der Waals surface area (Å²) < 4.78 is 18.0. The van der Waals surface area contributed by atoms with Crippen LogP contribution in [-0.2, 0) is 4.74 Å². The lowest BCUT2D eigenvalue weighted by Gasteiger charge is -2.18. The SMILES string of the molecule is CCOC(=O)N(CC)C(=O)n1cc(F)c(=O)[nH]c1=O. The van der Waals surface area contributed by atoms with E-state index in [0.29, 0.717) is 11.1 Å². The number of ether oxygens (including phenoxy) is 1. The van der Waals surface area contributed by atoms with Crippen molar-refractivity contribution in [3.63, 3.8) is 0 Å². The van der Waals surface area contributed by atoms with Crippen LogP contribution in [0.15, 0.2) is 15.8 Å². The molecule has 8 nitrogen and oxygen atoms in total. The van der Waals surface area contributed by atoms with Crippen LogP contribution in [0, 0.1) is 5.82 Å². The van der Waals surface area contributed by atoms with Crippen molar-refractivity contribution in [3.05, 3.63) is 32.9 Å². The highest BCUT2D eigenvalue weighted by Gasteiger charge is 2.24. The summed E-state index contributed by atoms with van der Waals surface area (Å²) in [5.41, 5.74) is -2.38. The number of aromatic amines is 1. The number of amides is 2.